The van der Waals surface area contributed by atoms with Gasteiger partial charge in [-0.1, -0.05) is 17.7 Å². The minimum Gasteiger partial charge on any atom is -0.352 e. The van der Waals surface area contributed by atoms with Crippen LogP contribution in [0.15, 0.2) is 9.95 Å². The maximum Gasteiger partial charge on any atom is 0.331 e. The van der Waals surface area contributed by atoms with Crippen molar-refractivity contribution in [3.05, 3.63) is 10.5 Å². The van der Waals surface area contributed by atoms with Crippen LogP contribution in [-0.2, 0) is 13.6 Å². The highest BCUT2D eigenvalue weighted by molar-refractivity contribution is 7.98. The number of nitrogens with zero attached hydrogens (tertiary/aromatic N) is 5. The zero-order valence-corrected chi connectivity index (χ0v) is 14.4. The van der Waals surface area contributed by atoms with E-state index in [1.165, 1.54) is 11.8 Å². The van der Waals surface area contributed by atoms with Gasteiger partial charge in [0, 0.05) is 33.2 Å². The van der Waals surface area contributed by atoms with Gasteiger partial charge in [-0.3, -0.25) is 9.13 Å². The molecule has 1 N–H and O–H groups in total. The third-order valence-corrected chi connectivity index (χ3v) is 4.49. The Bertz CT molecular complexity index is 837. The van der Waals surface area contributed by atoms with E-state index in [4.69, 9.17) is 4.98 Å². The highest BCUT2D eigenvalue weighted by Crippen LogP contribution is 2.26. The number of piperazine rings is 1. The molecule has 3 heterocycles. The number of aromatic nitrogens is 4. The SMILES string of the molecule is CC#CCn1c(=O)n(C)c2nc(SC)nc(N3CCNCC3)c21. The van der Waals surface area contributed by atoms with Crippen LogP contribution in [0.1, 0.15) is 6.92 Å². The van der Waals surface area contributed by atoms with Crippen LogP contribution in [0, 0.1) is 11.8 Å². The van der Waals surface area contributed by atoms with Gasteiger partial charge in [0.2, 0.25) is 0 Å². The molecule has 1 fully saturated rings. The Morgan fingerprint density at radius 3 is 2.70 bits per heavy atom. The second-order valence-electron chi connectivity index (χ2n) is 5.30. The van der Waals surface area contributed by atoms with Gasteiger partial charge >= 0.3 is 5.69 Å². The summed E-state index contributed by atoms with van der Waals surface area (Å²) in [5.41, 5.74) is 1.34. The number of rotatable bonds is 3. The zero-order valence-electron chi connectivity index (χ0n) is 13.6. The molecule has 0 radical (unpaired) electrons. The third kappa shape index (κ3) is 2.82. The topological polar surface area (TPSA) is 68.0 Å². The Labute approximate surface area is 139 Å². The fourth-order valence-electron chi connectivity index (χ4n) is 2.75. The van der Waals surface area contributed by atoms with E-state index in [-0.39, 0.29) is 5.69 Å². The number of imidazole rings is 1. The molecule has 1 saturated heterocycles. The van der Waals surface area contributed by atoms with E-state index < -0.39 is 0 Å². The van der Waals surface area contributed by atoms with Crippen molar-refractivity contribution in [1.82, 2.24) is 24.4 Å². The van der Waals surface area contributed by atoms with Crippen LogP contribution in [-0.4, -0.2) is 51.5 Å². The van der Waals surface area contributed by atoms with E-state index in [2.05, 4.69) is 27.0 Å². The molecular formula is C15H20N6OS. The van der Waals surface area contributed by atoms with E-state index in [0.717, 1.165) is 37.5 Å². The average molecular weight is 332 g/mol. The molecule has 2 aromatic heterocycles. The molecule has 0 bridgehead atoms. The Balaban J connectivity index is 2.27. The molecule has 0 saturated carbocycles. The summed E-state index contributed by atoms with van der Waals surface area (Å²) >= 11 is 1.49. The van der Waals surface area contributed by atoms with Crippen LogP contribution in [0.2, 0.25) is 0 Å². The molecule has 0 unspecified atom stereocenters. The van der Waals surface area contributed by atoms with E-state index in [0.29, 0.717) is 17.3 Å². The minimum atomic E-state index is -0.105. The number of anilines is 1. The number of aryl methyl sites for hydroxylation is 1. The molecule has 0 spiro atoms. The summed E-state index contributed by atoms with van der Waals surface area (Å²) in [4.78, 5) is 24.0. The quantitative estimate of drug-likeness (QED) is 0.495. The van der Waals surface area contributed by atoms with Gasteiger partial charge in [-0.15, -0.1) is 5.92 Å². The van der Waals surface area contributed by atoms with Crippen molar-refractivity contribution in [3.63, 3.8) is 0 Å². The van der Waals surface area contributed by atoms with Crippen LogP contribution in [0.25, 0.3) is 11.2 Å². The molecule has 1 aliphatic heterocycles. The van der Waals surface area contributed by atoms with Gasteiger partial charge in [-0.05, 0) is 13.2 Å². The molecule has 0 amide bonds. The van der Waals surface area contributed by atoms with Crippen LogP contribution in [0.3, 0.4) is 0 Å². The Morgan fingerprint density at radius 1 is 1.30 bits per heavy atom. The Morgan fingerprint density at radius 2 is 2.04 bits per heavy atom. The molecule has 7 nitrogen and oxygen atoms in total. The van der Waals surface area contributed by atoms with Gasteiger partial charge < -0.3 is 10.2 Å². The molecule has 8 heteroatoms. The van der Waals surface area contributed by atoms with Crippen molar-refractivity contribution in [3.8, 4) is 11.8 Å². The summed E-state index contributed by atoms with van der Waals surface area (Å²) in [5, 5.41) is 4.02. The first kappa shape index (κ1) is 15.9. The van der Waals surface area contributed by atoms with Crippen LogP contribution >= 0.6 is 11.8 Å². The monoisotopic (exact) mass is 332 g/mol. The van der Waals surface area contributed by atoms with Gasteiger partial charge in [-0.2, -0.15) is 0 Å². The predicted octanol–water partition coefficient (Wildman–Crippen LogP) is 0.285. The highest BCUT2D eigenvalue weighted by atomic mass is 32.2. The summed E-state index contributed by atoms with van der Waals surface area (Å²) in [6.45, 7) is 5.67. The molecule has 0 aromatic carbocycles. The van der Waals surface area contributed by atoms with Gasteiger partial charge in [0.15, 0.2) is 16.6 Å². The smallest absolute Gasteiger partial charge is 0.331 e. The van der Waals surface area contributed by atoms with Crippen LogP contribution < -0.4 is 15.9 Å². The normalized spacial score (nSPS) is 14.8. The highest BCUT2D eigenvalue weighted by Gasteiger charge is 2.23. The lowest BCUT2D eigenvalue weighted by Crippen LogP contribution is -2.44. The van der Waals surface area contributed by atoms with Gasteiger partial charge in [0.05, 0.1) is 6.54 Å². The third-order valence-electron chi connectivity index (χ3n) is 3.95. The predicted molar refractivity (Wildman–Crippen MR) is 93.1 cm³/mol. The van der Waals surface area contributed by atoms with Crippen molar-refractivity contribution in [1.29, 1.82) is 0 Å². The van der Waals surface area contributed by atoms with Crippen molar-refractivity contribution < 1.29 is 0 Å². The molecule has 23 heavy (non-hydrogen) atoms. The fraction of sp³-hybridized carbons (Fsp3) is 0.533. The summed E-state index contributed by atoms with van der Waals surface area (Å²) < 4.78 is 3.26. The standard InChI is InChI=1S/C15H20N6OS/c1-4-5-8-21-11-12(19(2)15(21)22)17-14(23-3)18-13(11)20-9-6-16-7-10-20/h16H,6-10H2,1-3H3. The molecule has 0 aliphatic carbocycles. The number of thioether (sulfide) groups is 1. The summed E-state index contributed by atoms with van der Waals surface area (Å²) in [6.07, 6.45) is 1.94. The van der Waals surface area contributed by atoms with Crippen molar-refractivity contribution in [2.24, 2.45) is 7.05 Å². The van der Waals surface area contributed by atoms with E-state index in [1.807, 2.05) is 6.26 Å². The second-order valence-corrected chi connectivity index (χ2v) is 6.07. The van der Waals surface area contributed by atoms with Crippen LogP contribution in [0.4, 0.5) is 5.82 Å². The summed E-state index contributed by atoms with van der Waals surface area (Å²) in [6, 6.07) is 0. The van der Waals surface area contributed by atoms with Crippen molar-refractivity contribution >= 4 is 28.7 Å². The minimum absolute atomic E-state index is 0.105. The molecular weight excluding hydrogens is 312 g/mol. The lowest BCUT2D eigenvalue weighted by Gasteiger charge is -2.29. The van der Waals surface area contributed by atoms with Gasteiger partial charge in [-0.25, -0.2) is 14.8 Å². The summed E-state index contributed by atoms with van der Waals surface area (Å²) in [7, 11) is 1.75. The fourth-order valence-corrected chi connectivity index (χ4v) is 3.10. The first-order valence-electron chi connectivity index (χ1n) is 7.54. The van der Waals surface area contributed by atoms with E-state index in [1.54, 1.807) is 23.1 Å². The maximum atomic E-state index is 12.6. The molecule has 1 aliphatic rings. The number of fused-ring (bicyclic) bond motifs is 1. The summed E-state index contributed by atoms with van der Waals surface area (Å²) in [5.74, 6) is 6.66. The molecule has 3 rings (SSSR count). The van der Waals surface area contributed by atoms with E-state index >= 15 is 0 Å². The number of nitrogens with one attached hydrogen (secondary N) is 1. The number of hydrogen-bond acceptors (Lipinski definition) is 6. The van der Waals surface area contributed by atoms with Crippen molar-refractivity contribution in [2.45, 2.75) is 18.6 Å². The van der Waals surface area contributed by atoms with Crippen molar-refractivity contribution in [2.75, 3.05) is 37.3 Å². The lowest BCUT2D eigenvalue weighted by atomic mass is 10.3. The first-order chi connectivity index (χ1) is 11.2. The van der Waals surface area contributed by atoms with Gasteiger partial charge in [0.25, 0.3) is 0 Å². The Hall–Kier alpha value is -1.98. The largest absolute Gasteiger partial charge is 0.352 e. The van der Waals surface area contributed by atoms with Gasteiger partial charge in [0.1, 0.15) is 5.52 Å². The first-order valence-corrected chi connectivity index (χ1v) is 8.76. The molecule has 122 valence electrons. The lowest BCUT2D eigenvalue weighted by molar-refractivity contribution is 0.583. The average Bonchev–Trinajstić information content (AvgIpc) is 2.84. The molecule has 0 atom stereocenters. The Kier molecular flexibility index (Phi) is 4.59. The molecule has 2 aromatic rings. The van der Waals surface area contributed by atoms with E-state index in [9.17, 15) is 4.79 Å². The zero-order chi connectivity index (χ0) is 16.4. The number of hydrogen-bond donors (Lipinski definition) is 1. The second kappa shape index (κ2) is 6.64. The maximum absolute atomic E-state index is 12.6. The van der Waals surface area contributed by atoms with Crippen LogP contribution in [0.5, 0.6) is 0 Å².